The van der Waals surface area contributed by atoms with Gasteiger partial charge in [0.15, 0.2) is 0 Å². The minimum absolute atomic E-state index is 0.917. The highest BCUT2D eigenvalue weighted by atomic mass is 15.3. The summed E-state index contributed by atoms with van der Waals surface area (Å²) in [6.07, 6.45) is 3.63. The van der Waals surface area contributed by atoms with Crippen molar-refractivity contribution in [3.8, 4) is 11.3 Å². The minimum atomic E-state index is 0.917. The lowest BCUT2D eigenvalue weighted by atomic mass is 10.0. The van der Waals surface area contributed by atoms with Crippen LogP contribution in [0.15, 0.2) is 48.8 Å². The van der Waals surface area contributed by atoms with Crippen molar-refractivity contribution in [1.29, 1.82) is 0 Å². The Kier molecular flexibility index (Phi) is 2.51. The molecule has 1 aromatic carbocycles. The molecule has 3 aromatic heterocycles. The summed E-state index contributed by atoms with van der Waals surface area (Å²) in [5, 5.41) is 5.42. The molecule has 0 fully saturated rings. The molecule has 0 aliphatic carbocycles. The number of hydrogen-bond donors (Lipinski definition) is 0. The quantitative estimate of drug-likeness (QED) is 0.533. The van der Waals surface area contributed by atoms with Gasteiger partial charge in [-0.2, -0.15) is 5.10 Å². The number of hydrogen-bond acceptors (Lipinski definition) is 3. The van der Waals surface area contributed by atoms with Crippen LogP contribution in [0.2, 0.25) is 0 Å². The third kappa shape index (κ3) is 1.80. The van der Waals surface area contributed by atoms with E-state index < -0.39 is 0 Å². The molecule has 0 N–H and O–H groups in total. The smallest absolute Gasteiger partial charge is 0.109 e. The van der Waals surface area contributed by atoms with Crippen molar-refractivity contribution >= 4 is 21.9 Å². The highest BCUT2D eigenvalue weighted by molar-refractivity contribution is 5.94. The molecule has 0 aliphatic rings. The normalized spacial score (nSPS) is 11.3. The van der Waals surface area contributed by atoms with Crippen LogP contribution >= 0.6 is 0 Å². The lowest BCUT2D eigenvalue weighted by Gasteiger charge is -2.07. The van der Waals surface area contributed by atoms with Crippen molar-refractivity contribution in [1.82, 2.24) is 19.7 Å². The molecule has 0 saturated heterocycles. The van der Waals surface area contributed by atoms with Crippen molar-refractivity contribution in [2.45, 2.75) is 6.92 Å². The Morgan fingerprint density at radius 1 is 1.10 bits per heavy atom. The van der Waals surface area contributed by atoms with Gasteiger partial charge in [0.1, 0.15) is 5.52 Å². The summed E-state index contributed by atoms with van der Waals surface area (Å²) in [4.78, 5) is 9.27. The van der Waals surface area contributed by atoms with E-state index in [1.807, 2.05) is 36.3 Å². The molecule has 4 aromatic rings. The zero-order valence-corrected chi connectivity index (χ0v) is 11.9. The highest BCUT2D eigenvalue weighted by Gasteiger charge is 2.11. The van der Waals surface area contributed by atoms with Gasteiger partial charge >= 0.3 is 0 Å². The molecule has 0 aliphatic heterocycles. The van der Waals surface area contributed by atoms with Crippen LogP contribution in [0.3, 0.4) is 0 Å². The van der Waals surface area contributed by atoms with Crippen molar-refractivity contribution in [3.63, 3.8) is 0 Å². The van der Waals surface area contributed by atoms with Gasteiger partial charge in [-0.05, 0) is 24.6 Å². The molecule has 0 atom stereocenters. The third-order valence-corrected chi connectivity index (χ3v) is 3.80. The van der Waals surface area contributed by atoms with Gasteiger partial charge in [-0.15, -0.1) is 0 Å². The SMILES string of the molecule is Cc1cc(-c2cccc3cccnc23)nc2cnn(C)c12. The molecule has 0 spiro atoms. The van der Waals surface area contributed by atoms with Crippen LogP contribution < -0.4 is 0 Å². The summed E-state index contributed by atoms with van der Waals surface area (Å²) in [6.45, 7) is 2.09. The van der Waals surface area contributed by atoms with E-state index in [9.17, 15) is 0 Å². The number of aryl methyl sites for hydroxylation is 2. The van der Waals surface area contributed by atoms with Crippen LogP contribution in [-0.4, -0.2) is 19.7 Å². The molecule has 21 heavy (non-hydrogen) atoms. The Balaban J connectivity index is 2.05. The zero-order chi connectivity index (χ0) is 14.4. The second kappa shape index (κ2) is 4.38. The van der Waals surface area contributed by atoms with Crippen LogP contribution in [0, 0.1) is 6.92 Å². The maximum Gasteiger partial charge on any atom is 0.109 e. The first kappa shape index (κ1) is 12.0. The monoisotopic (exact) mass is 274 g/mol. The molecule has 0 saturated carbocycles. The largest absolute Gasteiger partial charge is 0.266 e. The number of para-hydroxylation sites is 1. The van der Waals surface area contributed by atoms with Crippen molar-refractivity contribution < 1.29 is 0 Å². The Morgan fingerprint density at radius 3 is 2.86 bits per heavy atom. The van der Waals surface area contributed by atoms with Crippen LogP contribution in [0.5, 0.6) is 0 Å². The molecule has 102 valence electrons. The molecule has 4 heteroatoms. The Hall–Kier alpha value is -2.75. The molecule has 4 nitrogen and oxygen atoms in total. The van der Waals surface area contributed by atoms with Crippen molar-refractivity contribution in [2.24, 2.45) is 7.05 Å². The molecule has 0 radical (unpaired) electrons. The second-order valence-corrected chi connectivity index (χ2v) is 5.21. The summed E-state index contributed by atoms with van der Waals surface area (Å²) in [5.74, 6) is 0. The Labute approximate surface area is 122 Å². The molecule has 0 unspecified atom stereocenters. The average Bonchev–Trinajstić information content (AvgIpc) is 2.88. The van der Waals surface area contributed by atoms with Gasteiger partial charge in [-0.3, -0.25) is 9.67 Å². The standard InChI is InChI=1S/C17H14N4/c1-11-9-14(20-15-10-19-21(2)17(11)15)13-7-3-5-12-6-4-8-18-16(12)13/h3-10H,1-2H3. The van der Waals surface area contributed by atoms with Gasteiger partial charge < -0.3 is 0 Å². The molecule has 4 rings (SSSR count). The lowest BCUT2D eigenvalue weighted by Crippen LogP contribution is -1.94. The van der Waals surface area contributed by atoms with Crippen LogP contribution in [-0.2, 0) is 7.05 Å². The molecule has 0 bridgehead atoms. The maximum atomic E-state index is 4.75. The van der Waals surface area contributed by atoms with Gasteiger partial charge in [0.25, 0.3) is 0 Å². The van der Waals surface area contributed by atoms with E-state index in [0.717, 1.165) is 33.2 Å². The lowest BCUT2D eigenvalue weighted by molar-refractivity contribution is 0.794. The summed E-state index contributed by atoms with van der Waals surface area (Å²) in [6, 6.07) is 12.3. The first-order valence-electron chi connectivity index (χ1n) is 6.87. The van der Waals surface area contributed by atoms with Crippen molar-refractivity contribution in [2.75, 3.05) is 0 Å². The molecular formula is C17H14N4. The van der Waals surface area contributed by atoms with Gasteiger partial charge in [0.05, 0.1) is 22.9 Å². The highest BCUT2D eigenvalue weighted by Crippen LogP contribution is 2.28. The van der Waals surface area contributed by atoms with Gasteiger partial charge in [0, 0.05) is 24.2 Å². The van der Waals surface area contributed by atoms with E-state index in [4.69, 9.17) is 4.98 Å². The number of nitrogens with zero attached hydrogens (tertiary/aromatic N) is 4. The predicted molar refractivity (Wildman–Crippen MR) is 84.0 cm³/mol. The van der Waals surface area contributed by atoms with E-state index in [-0.39, 0.29) is 0 Å². The second-order valence-electron chi connectivity index (χ2n) is 5.21. The minimum Gasteiger partial charge on any atom is -0.266 e. The fourth-order valence-electron chi connectivity index (χ4n) is 2.85. The number of pyridine rings is 2. The Morgan fingerprint density at radius 2 is 1.95 bits per heavy atom. The van der Waals surface area contributed by atoms with E-state index in [0.29, 0.717) is 0 Å². The van der Waals surface area contributed by atoms with E-state index in [1.54, 1.807) is 0 Å². The van der Waals surface area contributed by atoms with Gasteiger partial charge in [-0.25, -0.2) is 4.98 Å². The fourth-order valence-corrected chi connectivity index (χ4v) is 2.85. The molecular weight excluding hydrogens is 260 g/mol. The van der Waals surface area contributed by atoms with Gasteiger partial charge in [-0.1, -0.05) is 24.3 Å². The first-order chi connectivity index (χ1) is 10.2. The maximum absolute atomic E-state index is 4.75. The van der Waals surface area contributed by atoms with Gasteiger partial charge in [0.2, 0.25) is 0 Å². The van der Waals surface area contributed by atoms with E-state index in [1.165, 1.54) is 5.56 Å². The summed E-state index contributed by atoms with van der Waals surface area (Å²) < 4.78 is 1.86. The molecule has 0 amide bonds. The number of aromatic nitrogens is 4. The first-order valence-corrected chi connectivity index (χ1v) is 6.87. The van der Waals surface area contributed by atoms with E-state index in [2.05, 4.69) is 41.3 Å². The predicted octanol–water partition coefficient (Wildman–Crippen LogP) is 3.49. The van der Waals surface area contributed by atoms with Crippen LogP contribution in [0.1, 0.15) is 5.56 Å². The molecule has 3 heterocycles. The number of benzene rings is 1. The van der Waals surface area contributed by atoms with E-state index >= 15 is 0 Å². The van der Waals surface area contributed by atoms with Crippen molar-refractivity contribution in [3.05, 3.63) is 54.4 Å². The topological polar surface area (TPSA) is 43.6 Å². The summed E-state index contributed by atoms with van der Waals surface area (Å²) in [5.41, 5.74) is 6.14. The fraction of sp³-hybridized carbons (Fsp3) is 0.118. The zero-order valence-electron chi connectivity index (χ0n) is 11.9. The number of fused-ring (bicyclic) bond motifs is 2. The summed E-state index contributed by atoms with van der Waals surface area (Å²) >= 11 is 0. The third-order valence-electron chi connectivity index (χ3n) is 3.80. The number of rotatable bonds is 1. The Bertz CT molecular complexity index is 964. The average molecular weight is 274 g/mol. The summed E-state index contributed by atoms with van der Waals surface area (Å²) in [7, 11) is 1.94. The van der Waals surface area contributed by atoms with Crippen LogP contribution in [0.4, 0.5) is 0 Å². The van der Waals surface area contributed by atoms with Crippen LogP contribution in [0.25, 0.3) is 33.2 Å².